The Labute approximate surface area is 120 Å². The van der Waals surface area contributed by atoms with Gasteiger partial charge in [0.15, 0.2) is 5.69 Å². The van der Waals surface area contributed by atoms with Crippen molar-refractivity contribution in [2.24, 2.45) is 5.10 Å². The molecule has 1 aromatic rings. The van der Waals surface area contributed by atoms with Crippen LogP contribution in [0.5, 0.6) is 0 Å². The van der Waals surface area contributed by atoms with Crippen LogP contribution < -0.4 is 5.43 Å². The summed E-state index contributed by atoms with van der Waals surface area (Å²) in [5, 5.41) is 30.3. The highest BCUT2D eigenvalue weighted by atomic mass is 35.5. The van der Waals surface area contributed by atoms with Gasteiger partial charge < -0.3 is 0 Å². The van der Waals surface area contributed by atoms with Gasteiger partial charge in [0, 0.05) is 6.07 Å². The fourth-order valence-electron chi connectivity index (χ4n) is 1.20. The van der Waals surface area contributed by atoms with Gasteiger partial charge in [-0.2, -0.15) is 28.8 Å². The van der Waals surface area contributed by atoms with Crippen molar-refractivity contribution in [1.29, 1.82) is 10.5 Å². The van der Waals surface area contributed by atoms with Crippen LogP contribution in [-0.4, -0.2) is 10.6 Å². The maximum atomic E-state index is 12.6. The molecule has 0 bridgehead atoms. The molecule has 0 amide bonds. The molecule has 0 aliphatic rings. The third-order valence-electron chi connectivity index (χ3n) is 2.08. The van der Waals surface area contributed by atoms with Crippen molar-refractivity contribution < 1.29 is 18.1 Å². The molecular weight excluding hydrogens is 315 g/mol. The lowest BCUT2D eigenvalue weighted by Crippen LogP contribution is -2.08. The summed E-state index contributed by atoms with van der Waals surface area (Å²) in [5.41, 5.74) is -1.60. The van der Waals surface area contributed by atoms with Gasteiger partial charge in [-0.15, -0.1) is 0 Å². The van der Waals surface area contributed by atoms with Gasteiger partial charge in [0.2, 0.25) is 5.71 Å². The number of nitrogens with one attached hydrogen (secondary N) is 1. The zero-order chi connectivity index (χ0) is 16.2. The zero-order valence-electron chi connectivity index (χ0n) is 9.77. The molecule has 0 aromatic heterocycles. The predicted molar refractivity (Wildman–Crippen MR) is 65.4 cm³/mol. The summed E-state index contributed by atoms with van der Waals surface area (Å²) in [7, 11) is 0. The number of halogens is 4. The standard InChI is InChI=1S/C10H3ClF3N5O2/c11-7-1-5(10(12,13)14)2-8(19(20)21)9(7)18-17-6(3-15)4-16/h1-2,18H. The molecule has 1 aromatic carbocycles. The van der Waals surface area contributed by atoms with E-state index >= 15 is 0 Å². The number of nitrogens with zero attached hydrogens (tertiary/aromatic N) is 4. The Bertz CT molecular complexity index is 686. The summed E-state index contributed by atoms with van der Waals surface area (Å²) in [5.74, 6) is 0. The minimum Gasteiger partial charge on any atom is -0.268 e. The number of nitro groups is 1. The molecule has 0 atom stereocenters. The maximum absolute atomic E-state index is 12.6. The molecule has 7 nitrogen and oxygen atoms in total. The first-order chi connectivity index (χ1) is 9.70. The van der Waals surface area contributed by atoms with E-state index in [4.69, 9.17) is 22.1 Å². The number of rotatable bonds is 3. The highest BCUT2D eigenvalue weighted by molar-refractivity contribution is 6.33. The average Bonchev–Trinajstić information content (AvgIpc) is 2.39. The molecule has 0 fully saturated rings. The smallest absolute Gasteiger partial charge is 0.268 e. The minimum atomic E-state index is -4.82. The molecule has 0 aliphatic carbocycles. The van der Waals surface area contributed by atoms with Crippen molar-refractivity contribution in [2.45, 2.75) is 6.18 Å². The van der Waals surface area contributed by atoms with Gasteiger partial charge in [0.1, 0.15) is 12.1 Å². The molecule has 11 heteroatoms. The number of hydrazone groups is 1. The zero-order valence-corrected chi connectivity index (χ0v) is 10.5. The van der Waals surface area contributed by atoms with Crippen LogP contribution in [0.1, 0.15) is 5.56 Å². The minimum absolute atomic E-state index is 0.266. The van der Waals surface area contributed by atoms with Crippen molar-refractivity contribution >= 4 is 28.7 Å². The second-order valence-corrected chi connectivity index (χ2v) is 3.81. The highest BCUT2D eigenvalue weighted by Crippen LogP contribution is 2.39. The average molecular weight is 318 g/mol. The largest absolute Gasteiger partial charge is 0.416 e. The third-order valence-corrected chi connectivity index (χ3v) is 2.38. The molecule has 0 aliphatic heterocycles. The van der Waals surface area contributed by atoms with E-state index in [2.05, 4.69) is 5.10 Å². The Kier molecular flexibility index (Phi) is 4.68. The number of anilines is 1. The predicted octanol–water partition coefficient (Wildman–Crippen LogP) is 3.08. The van der Waals surface area contributed by atoms with Crippen molar-refractivity contribution in [3.63, 3.8) is 0 Å². The van der Waals surface area contributed by atoms with Gasteiger partial charge in [0.05, 0.1) is 15.5 Å². The first-order valence-corrected chi connectivity index (χ1v) is 5.27. The van der Waals surface area contributed by atoms with E-state index in [0.717, 1.165) is 0 Å². The summed E-state index contributed by atoms with van der Waals surface area (Å²) < 4.78 is 37.7. The van der Waals surface area contributed by atoms with E-state index in [0.29, 0.717) is 6.07 Å². The van der Waals surface area contributed by atoms with Crippen LogP contribution in [0.15, 0.2) is 17.2 Å². The van der Waals surface area contributed by atoms with E-state index in [9.17, 15) is 23.3 Å². The summed E-state index contributed by atoms with van der Waals surface area (Å²) in [6.07, 6.45) is -4.82. The van der Waals surface area contributed by atoms with Crippen LogP contribution in [0.25, 0.3) is 0 Å². The Balaban J connectivity index is 3.41. The number of hydrogen-bond acceptors (Lipinski definition) is 6. The van der Waals surface area contributed by atoms with Crippen LogP contribution in [0.4, 0.5) is 24.5 Å². The molecular formula is C10H3ClF3N5O2. The Hall–Kier alpha value is -2.85. The van der Waals surface area contributed by atoms with Crippen molar-refractivity contribution in [3.05, 3.63) is 32.8 Å². The SMILES string of the molecule is N#CC(C#N)=NNc1c(Cl)cc(C(F)(F)F)cc1[N+](=O)[O-]. The van der Waals surface area contributed by atoms with E-state index in [1.165, 1.54) is 12.1 Å². The number of alkyl halides is 3. The summed E-state index contributed by atoms with van der Waals surface area (Å²) >= 11 is 5.55. The Morgan fingerprint density at radius 2 is 1.95 bits per heavy atom. The molecule has 1 N–H and O–H groups in total. The molecule has 0 saturated heterocycles. The number of hydrogen-bond donors (Lipinski definition) is 1. The lowest BCUT2D eigenvalue weighted by Gasteiger charge is -2.10. The van der Waals surface area contributed by atoms with Crippen LogP contribution in [0, 0.1) is 32.8 Å². The van der Waals surface area contributed by atoms with Crippen molar-refractivity contribution in [2.75, 3.05) is 5.43 Å². The molecule has 0 unspecified atom stereocenters. The molecule has 21 heavy (non-hydrogen) atoms. The van der Waals surface area contributed by atoms with E-state index in [1.54, 1.807) is 0 Å². The molecule has 108 valence electrons. The van der Waals surface area contributed by atoms with Gasteiger partial charge >= 0.3 is 6.18 Å². The molecule has 0 radical (unpaired) electrons. The fourth-order valence-corrected chi connectivity index (χ4v) is 1.45. The Morgan fingerprint density at radius 3 is 2.38 bits per heavy atom. The topological polar surface area (TPSA) is 115 Å². The van der Waals surface area contributed by atoms with E-state index in [-0.39, 0.29) is 6.07 Å². The van der Waals surface area contributed by atoms with Gasteiger partial charge in [-0.3, -0.25) is 15.5 Å². The Morgan fingerprint density at radius 1 is 1.38 bits per heavy atom. The van der Waals surface area contributed by atoms with E-state index < -0.39 is 38.8 Å². The molecule has 0 heterocycles. The number of benzene rings is 1. The van der Waals surface area contributed by atoms with Crippen LogP contribution in [-0.2, 0) is 6.18 Å². The third kappa shape index (κ3) is 3.81. The van der Waals surface area contributed by atoms with Crippen molar-refractivity contribution in [3.8, 4) is 12.1 Å². The van der Waals surface area contributed by atoms with Gasteiger partial charge in [-0.25, -0.2) is 0 Å². The van der Waals surface area contributed by atoms with Crippen molar-refractivity contribution in [1.82, 2.24) is 0 Å². The summed E-state index contributed by atoms with van der Waals surface area (Å²) in [6, 6.07) is 3.45. The lowest BCUT2D eigenvalue weighted by molar-refractivity contribution is -0.384. The molecule has 1 rings (SSSR count). The highest BCUT2D eigenvalue weighted by Gasteiger charge is 2.34. The second kappa shape index (κ2) is 6.07. The van der Waals surface area contributed by atoms with Crippen LogP contribution in [0.2, 0.25) is 5.02 Å². The summed E-state index contributed by atoms with van der Waals surface area (Å²) in [4.78, 5) is 9.70. The summed E-state index contributed by atoms with van der Waals surface area (Å²) in [6.45, 7) is 0. The van der Waals surface area contributed by atoms with Gasteiger partial charge in [-0.05, 0) is 6.07 Å². The number of nitriles is 2. The molecule has 0 spiro atoms. The van der Waals surface area contributed by atoms with Gasteiger partial charge in [-0.1, -0.05) is 11.6 Å². The van der Waals surface area contributed by atoms with E-state index in [1.807, 2.05) is 5.43 Å². The van der Waals surface area contributed by atoms with Gasteiger partial charge in [0.25, 0.3) is 5.69 Å². The molecule has 0 saturated carbocycles. The second-order valence-electron chi connectivity index (χ2n) is 3.40. The first kappa shape index (κ1) is 16.2. The quantitative estimate of drug-likeness (QED) is 0.522. The van der Waals surface area contributed by atoms with Crippen LogP contribution in [0.3, 0.4) is 0 Å². The lowest BCUT2D eigenvalue weighted by atomic mass is 10.1. The normalized spacial score (nSPS) is 10.2. The first-order valence-electron chi connectivity index (χ1n) is 4.89. The maximum Gasteiger partial charge on any atom is 0.416 e. The fraction of sp³-hybridized carbons (Fsp3) is 0.100. The van der Waals surface area contributed by atoms with Crippen LogP contribution >= 0.6 is 11.6 Å². The number of nitro benzene ring substituents is 1. The monoisotopic (exact) mass is 317 g/mol.